The normalized spacial score (nSPS) is 17.2. The first-order chi connectivity index (χ1) is 5.08. The summed E-state index contributed by atoms with van der Waals surface area (Å²) >= 11 is 0. The summed E-state index contributed by atoms with van der Waals surface area (Å²) in [4.78, 5) is 0. The van der Waals surface area contributed by atoms with Crippen LogP contribution in [0.4, 0.5) is 0 Å². The quantitative estimate of drug-likeness (QED) is 0.563. The molecule has 0 aromatic carbocycles. The van der Waals surface area contributed by atoms with Crippen LogP contribution in [0.3, 0.4) is 0 Å². The molecule has 0 unspecified atom stereocenters. The van der Waals surface area contributed by atoms with Crippen LogP contribution in [0.5, 0.6) is 0 Å². The summed E-state index contributed by atoms with van der Waals surface area (Å²) in [6.07, 6.45) is 10.4. The lowest BCUT2D eigenvalue weighted by molar-refractivity contribution is 0.377. The molecular formula is C11H18. The Morgan fingerprint density at radius 1 is 1.36 bits per heavy atom. The van der Waals surface area contributed by atoms with Crippen LogP contribution in [0, 0.1) is 5.41 Å². The molecule has 1 aliphatic rings. The standard InChI is InChI=1S/C11H18/c1-11(2,3)9-8-10-6-4-5-7-10/h4-6H,7-9H2,1-3H3. The molecule has 1 aliphatic carbocycles. The Morgan fingerprint density at radius 2 is 2.09 bits per heavy atom. The van der Waals surface area contributed by atoms with Gasteiger partial charge in [0.05, 0.1) is 0 Å². The van der Waals surface area contributed by atoms with Gasteiger partial charge in [0.1, 0.15) is 0 Å². The van der Waals surface area contributed by atoms with Gasteiger partial charge in [0.25, 0.3) is 0 Å². The van der Waals surface area contributed by atoms with Gasteiger partial charge in [-0.1, -0.05) is 44.6 Å². The van der Waals surface area contributed by atoms with Crippen molar-refractivity contribution in [1.29, 1.82) is 0 Å². The number of hydrogen-bond acceptors (Lipinski definition) is 0. The molecule has 0 radical (unpaired) electrons. The summed E-state index contributed by atoms with van der Waals surface area (Å²) in [6.45, 7) is 6.90. The van der Waals surface area contributed by atoms with Gasteiger partial charge in [0, 0.05) is 0 Å². The Balaban J connectivity index is 2.23. The fraction of sp³-hybridized carbons (Fsp3) is 0.636. The van der Waals surface area contributed by atoms with E-state index in [4.69, 9.17) is 0 Å². The van der Waals surface area contributed by atoms with Gasteiger partial charge in [-0.3, -0.25) is 0 Å². The summed E-state index contributed by atoms with van der Waals surface area (Å²) < 4.78 is 0. The molecule has 0 atom stereocenters. The largest absolute Gasteiger partial charge is 0.0805 e. The van der Waals surface area contributed by atoms with E-state index in [9.17, 15) is 0 Å². The Hall–Kier alpha value is -0.520. The molecular weight excluding hydrogens is 132 g/mol. The van der Waals surface area contributed by atoms with Crippen LogP contribution in [0.15, 0.2) is 23.8 Å². The zero-order valence-electron chi connectivity index (χ0n) is 7.85. The van der Waals surface area contributed by atoms with Gasteiger partial charge in [-0.05, 0) is 24.7 Å². The predicted molar refractivity (Wildman–Crippen MR) is 50.5 cm³/mol. The van der Waals surface area contributed by atoms with E-state index < -0.39 is 0 Å². The van der Waals surface area contributed by atoms with Gasteiger partial charge in [0.15, 0.2) is 0 Å². The van der Waals surface area contributed by atoms with Crippen LogP contribution in [0.25, 0.3) is 0 Å². The van der Waals surface area contributed by atoms with Crippen molar-refractivity contribution < 1.29 is 0 Å². The van der Waals surface area contributed by atoms with E-state index in [0.717, 1.165) is 0 Å². The number of hydrogen-bond donors (Lipinski definition) is 0. The first-order valence-electron chi connectivity index (χ1n) is 4.42. The Labute approximate surface area is 70.0 Å². The molecule has 0 aromatic rings. The molecule has 0 heterocycles. The van der Waals surface area contributed by atoms with Crippen LogP contribution in [0.1, 0.15) is 40.0 Å². The molecule has 1 rings (SSSR count). The van der Waals surface area contributed by atoms with Gasteiger partial charge in [-0.15, -0.1) is 0 Å². The van der Waals surface area contributed by atoms with Crippen molar-refractivity contribution in [2.45, 2.75) is 40.0 Å². The number of allylic oxidation sites excluding steroid dienone is 4. The molecule has 62 valence electrons. The second-order valence-corrected chi connectivity index (χ2v) is 4.52. The predicted octanol–water partition coefficient (Wildman–Crippen LogP) is 3.70. The van der Waals surface area contributed by atoms with E-state index in [2.05, 4.69) is 39.0 Å². The zero-order chi connectivity index (χ0) is 8.32. The topological polar surface area (TPSA) is 0 Å². The molecule has 0 fully saturated rings. The average molecular weight is 150 g/mol. The van der Waals surface area contributed by atoms with E-state index in [0.29, 0.717) is 5.41 Å². The summed E-state index contributed by atoms with van der Waals surface area (Å²) in [7, 11) is 0. The maximum Gasteiger partial charge on any atom is -0.0133 e. The van der Waals surface area contributed by atoms with Crippen LogP contribution in [0.2, 0.25) is 0 Å². The van der Waals surface area contributed by atoms with Crippen molar-refractivity contribution in [2.24, 2.45) is 5.41 Å². The molecule has 0 saturated carbocycles. The van der Waals surface area contributed by atoms with Gasteiger partial charge >= 0.3 is 0 Å². The summed E-state index contributed by atoms with van der Waals surface area (Å²) in [5.41, 5.74) is 2.09. The molecule has 0 bridgehead atoms. The Morgan fingerprint density at radius 3 is 2.55 bits per heavy atom. The highest BCUT2D eigenvalue weighted by Crippen LogP contribution is 2.26. The minimum Gasteiger partial charge on any atom is -0.0805 e. The first-order valence-corrected chi connectivity index (χ1v) is 4.42. The van der Waals surface area contributed by atoms with E-state index in [-0.39, 0.29) is 0 Å². The molecule has 0 aliphatic heterocycles. The number of rotatable bonds is 2. The summed E-state index contributed by atoms with van der Waals surface area (Å²) in [6, 6.07) is 0. The van der Waals surface area contributed by atoms with Gasteiger partial charge in [-0.2, -0.15) is 0 Å². The third kappa shape index (κ3) is 3.41. The van der Waals surface area contributed by atoms with E-state index in [1.165, 1.54) is 19.3 Å². The first kappa shape index (κ1) is 8.58. The molecule has 0 amide bonds. The molecule has 0 saturated heterocycles. The van der Waals surface area contributed by atoms with Gasteiger partial charge in [0.2, 0.25) is 0 Å². The van der Waals surface area contributed by atoms with Crippen molar-refractivity contribution in [3.63, 3.8) is 0 Å². The van der Waals surface area contributed by atoms with Crippen molar-refractivity contribution in [3.05, 3.63) is 23.8 Å². The fourth-order valence-electron chi connectivity index (χ4n) is 1.21. The maximum atomic E-state index is 2.30. The second kappa shape index (κ2) is 3.25. The lowest BCUT2D eigenvalue weighted by Gasteiger charge is -2.17. The van der Waals surface area contributed by atoms with Crippen LogP contribution < -0.4 is 0 Å². The van der Waals surface area contributed by atoms with Gasteiger partial charge in [-0.25, -0.2) is 0 Å². The highest BCUT2D eigenvalue weighted by atomic mass is 14.2. The van der Waals surface area contributed by atoms with Crippen LogP contribution in [-0.4, -0.2) is 0 Å². The fourth-order valence-corrected chi connectivity index (χ4v) is 1.21. The highest BCUT2D eigenvalue weighted by molar-refractivity contribution is 5.22. The van der Waals surface area contributed by atoms with E-state index in [1.807, 2.05) is 0 Å². The smallest absolute Gasteiger partial charge is 0.0133 e. The van der Waals surface area contributed by atoms with Crippen molar-refractivity contribution in [2.75, 3.05) is 0 Å². The summed E-state index contributed by atoms with van der Waals surface area (Å²) in [5.74, 6) is 0. The lowest BCUT2D eigenvalue weighted by Crippen LogP contribution is -2.04. The SMILES string of the molecule is CC(C)(C)CCC1=CC=CC1. The average Bonchev–Trinajstić information content (AvgIpc) is 2.32. The Bertz CT molecular complexity index is 177. The summed E-state index contributed by atoms with van der Waals surface area (Å²) in [5, 5.41) is 0. The van der Waals surface area contributed by atoms with E-state index in [1.54, 1.807) is 5.57 Å². The molecule has 0 N–H and O–H groups in total. The molecule has 0 spiro atoms. The van der Waals surface area contributed by atoms with Crippen LogP contribution >= 0.6 is 0 Å². The van der Waals surface area contributed by atoms with Crippen LogP contribution in [-0.2, 0) is 0 Å². The van der Waals surface area contributed by atoms with E-state index >= 15 is 0 Å². The van der Waals surface area contributed by atoms with Crippen molar-refractivity contribution in [3.8, 4) is 0 Å². The molecule has 0 nitrogen and oxygen atoms in total. The molecule has 11 heavy (non-hydrogen) atoms. The molecule has 0 heteroatoms. The van der Waals surface area contributed by atoms with Gasteiger partial charge < -0.3 is 0 Å². The lowest BCUT2D eigenvalue weighted by atomic mass is 9.88. The Kier molecular flexibility index (Phi) is 2.53. The minimum absolute atomic E-state index is 0.490. The second-order valence-electron chi connectivity index (χ2n) is 4.52. The zero-order valence-corrected chi connectivity index (χ0v) is 7.85. The minimum atomic E-state index is 0.490. The highest BCUT2D eigenvalue weighted by Gasteiger charge is 2.10. The third-order valence-electron chi connectivity index (χ3n) is 2.04. The van der Waals surface area contributed by atoms with Crippen molar-refractivity contribution >= 4 is 0 Å². The maximum absolute atomic E-state index is 2.30. The third-order valence-corrected chi connectivity index (χ3v) is 2.04. The van der Waals surface area contributed by atoms with Crippen molar-refractivity contribution in [1.82, 2.24) is 0 Å². The monoisotopic (exact) mass is 150 g/mol. The molecule has 0 aromatic heterocycles.